The minimum atomic E-state index is 0.231. The zero-order valence-corrected chi connectivity index (χ0v) is 13.0. The van der Waals surface area contributed by atoms with Crippen LogP contribution >= 0.6 is 43.5 Å². The molecule has 1 atom stereocenters. The Morgan fingerprint density at radius 3 is 2.47 bits per heavy atom. The Morgan fingerprint density at radius 1 is 1.06 bits per heavy atom. The minimum Gasteiger partial charge on any atom is -0.0840 e. The van der Waals surface area contributed by atoms with Crippen molar-refractivity contribution in [2.45, 2.75) is 11.2 Å². The van der Waals surface area contributed by atoms with Crippen LogP contribution in [0.4, 0.5) is 0 Å². The Labute approximate surface area is 123 Å². The topological polar surface area (TPSA) is 0 Å². The molecule has 0 aliphatic heterocycles. The molecule has 2 aromatic carbocycles. The first-order chi connectivity index (χ1) is 8.16. The Morgan fingerprint density at radius 2 is 1.76 bits per heavy atom. The third-order valence-electron chi connectivity index (χ3n) is 2.55. The molecule has 0 amide bonds. The first kappa shape index (κ1) is 13.1. The van der Waals surface area contributed by atoms with Gasteiger partial charge in [0.25, 0.3) is 0 Å². The smallest absolute Gasteiger partial charge is 0.0450 e. The molecule has 0 radical (unpaired) electrons. The summed E-state index contributed by atoms with van der Waals surface area (Å²) in [7, 11) is 0. The Hall–Kier alpha value is -0.310. The second-order valence-electron chi connectivity index (χ2n) is 3.82. The fraction of sp³-hybridized carbons (Fsp3) is 0.143. The van der Waals surface area contributed by atoms with Gasteiger partial charge < -0.3 is 0 Å². The lowest BCUT2D eigenvalue weighted by Crippen LogP contribution is -1.96. The summed E-state index contributed by atoms with van der Waals surface area (Å²) in [5.74, 6) is 0. The summed E-state index contributed by atoms with van der Waals surface area (Å²) >= 11 is 13.4. The standard InChI is InChI=1S/C14H11Br2Cl/c15-11-6-7-14(17)12(9-11)13(16)8-10-4-2-1-3-5-10/h1-7,9,13H,8H2. The lowest BCUT2D eigenvalue weighted by Gasteiger charge is -2.12. The predicted molar refractivity (Wildman–Crippen MR) is 81.0 cm³/mol. The van der Waals surface area contributed by atoms with E-state index in [0.717, 1.165) is 21.5 Å². The molecular formula is C14H11Br2Cl. The summed E-state index contributed by atoms with van der Waals surface area (Å²) in [4.78, 5) is 0.231. The highest BCUT2D eigenvalue weighted by molar-refractivity contribution is 9.10. The van der Waals surface area contributed by atoms with Crippen molar-refractivity contribution in [1.29, 1.82) is 0 Å². The summed E-state index contributed by atoms with van der Waals surface area (Å²) in [6.45, 7) is 0. The number of benzene rings is 2. The first-order valence-corrected chi connectivity index (χ1v) is 7.38. The van der Waals surface area contributed by atoms with E-state index in [1.165, 1.54) is 5.56 Å². The molecule has 0 spiro atoms. The highest BCUT2D eigenvalue weighted by Gasteiger charge is 2.12. The Bertz CT molecular complexity index is 497. The summed E-state index contributed by atoms with van der Waals surface area (Å²) in [6, 6.07) is 16.3. The molecule has 0 aliphatic rings. The van der Waals surface area contributed by atoms with E-state index in [1.807, 2.05) is 18.2 Å². The highest BCUT2D eigenvalue weighted by Crippen LogP contribution is 2.34. The van der Waals surface area contributed by atoms with Gasteiger partial charge in [0.05, 0.1) is 0 Å². The molecule has 0 heterocycles. The first-order valence-electron chi connectivity index (χ1n) is 5.30. The fourth-order valence-corrected chi connectivity index (χ4v) is 3.20. The van der Waals surface area contributed by atoms with Gasteiger partial charge in [0, 0.05) is 14.3 Å². The van der Waals surface area contributed by atoms with Crippen LogP contribution in [0.15, 0.2) is 53.0 Å². The van der Waals surface area contributed by atoms with Crippen molar-refractivity contribution in [3.05, 3.63) is 69.2 Å². The maximum absolute atomic E-state index is 6.21. The molecule has 0 N–H and O–H groups in total. The third kappa shape index (κ3) is 3.57. The van der Waals surface area contributed by atoms with Crippen molar-refractivity contribution in [3.63, 3.8) is 0 Å². The van der Waals surface area contributed by atoms with Gasteiger partial charge in [-0.05, 0) is 35.7 Å². The maximum Gasteiger partial charge on any atom is 0.0450 e. The van der Waals surface area contributed by atoms with Crippen LogP contribution in [0.1, 0.15) is 16.0 Å². The van der Waals surface area contributed by atoms with Crippen molar-refractivity contribution < 1.29 is 0 Å². The van der Waals surface area contributed by atoms with Crippen LogP contribution in [0.5, 0.6) is 0 Å². The van der Waals surface area contributed by atoms with Crippen molar-refractivity contribution in [2.75, 3.05) is 0 Å². The van der Waals surface area contributed by atoms with Crippen molar-refractivity contribution in [2.24, 2.45) is 0 Å². The van der Waals surface area contributed by atoms with E-state index in [9.17, 15) is 0 Å². The van der Waals surface area contributed by atoms with Gasteiger partial charge in [-0.3, -0.25) is 0 Å². The Balaban J connectivity index is 2.20. The normalized spacial score (nSPS) is 12.4. The monoisotopic (exact) mass is 372 g/mol. The van der Waals surface area contributed by atoms with Crippen molar-refractivity contribution in [1.82, 2.24) is 0 Å². The van der Waals surface area contributed by atoms with Gasteiger partial charge in [0.2, 0.25) is 0 Å². The highest BCUT2D eigenvalue weighted by atomic mass is 79.9. The predicted octanol–water partition coefficient (Wildman–Crippen LogP) is 5.78. The van der Waals surface area contributed by atoms with E-state index < -0.39 is 0 Å². The molecule has 0 fully saturated rings. The van der Waals surface area contributed by atoms with Gasteiger partial charge in [0.15, 0.2) is 0 Å². The minimum absolute atomic E-state index is 0.231. The van der Waals surface area contributed by atoms with E-state index >= 15 is 0 Å². The fourth-order valence-electron chi connectivity index (χ4n) is 1.69. The summed E-state index contributed by atoms with van der Waals surface area (Å²) in [5, 5.41) is 0.797. The molecule has 0 aliphatic carbocycles. The van der Waals surface area contributed by atoms with Gasteiger partial charge >= 0.3 is 0 Å². The van der Waals surface area contributed by atoms with Gasteiger partial charge in [-0.25, -0.2) is 0 Å². The molecule has 88 valence electrons. The van der Waals surface area contributed by atoms with Crippen LogP contribution in [0.25, 0.3) is 0 Å². The average molecular weight is 375 g/mol. The molecule has 0 saturated carbocycles. The second-order valence-corrected chi connectivity index (χ2v) is 6.25. The number of hydrogen-bond acceptors (Lipinski definition) is 0. The number of hydrogen-bond donors (Lipinski definition) is 0. The zero-order chi connectivity index (χ0) is 12.3. The number of halogens is 3. The molecule has 0 bridgehead atoms. The van der Waals surface area contributed by atoms with Gasteiger partial charge in [-0.2, -0.15) is 0 Å². The van der Waals surface area contributed by atoms with Crippen LogP contribution in [0.2, 0.25) is 5.02 Å². The SMILES string of the molecule is Clc1ccc(Br)cc1C(Br)Cc1ccccc1. The van der Waals surface area contributed by atoms with Gasteiger partial charge in [-0.1, -0.05) is 73.8 Å². The molecule has 0 aromatic heterocycles. The van der Waals surface area contributed by atoms with Crippen LogP contribution in [-0.4, -0.2) is 0 Å². The van der Waals surface area contributed by atoms with E-state index in [1.54, 1.807) is 0 Å². The van der Waals surface area contributed by atoms with Crippen LogP contribution in [0.3, 0.4) is 0 Å². The van der Waals surface area contributed by atoms with E-state index in [0.29, 0.717) is 0 Å². The summed E-state index contributed by atoms with van der Waals surface area (Å²) in [5.41, 5.74) is 2.41. The third-order valence-corrected chi connectivity index (χ3v) is 4.21. The van der Waals surface area contributed by atoms with Crippen LogP contribution in [-0.2, 0) is 6.42 Å². The summed E-state index contributed by atoms with van der Waals surface area (Å²) in [6.07, 6.45) is 0.928. The average Bonchev–Trinajstić information content (AvgIpc) is 2.33. The van der Waals surface area contributed by atoms with Gasteiger partial charge in [0.1, 0.15) is 0 Å². The number of alkyl halides is 1. The molecule has 3 heteroatoms. The Kier molecular flexibility index (Phi) is 4.66. The van der Waals surface area contributed by atoms with Crippen molar-refractivity contribution >= 4 is 43.5 Å². The lowest BCUT2D eigenvalue weighted by atomic mass is 10.0. The molecule has 1 unspecified atom stereocenters. The molecule has 2 aromatic rings. The maximum atomic E-state index is 6.21. The zero-order valence-electron chi connectivity index (χ0n) is 9.04. The van der Waals surface area contributed by atoms with E-state index in [-0.39, 0.29) is 4.83 Å². The van der Waals surface area contributed by atoms with E-state index in [2.05, 4.69) is 62.2 Å². The summed E-state index contributed by atoms with van der Waals surface area (Å²) < 4.78 is 1.05. The molecule has 2 rings (SSSR count). The van der Waals surface area contributed by atoms with Gasteiger partial charge in [-0.15, -0.1) is 0 Å². The van der Waals surface area contributed by atoms with Crippen molar-refractivity contribution in [3.8, 4) is 0 Å². The molecule has 17 heavy (non-hydrogen) atoms. The lowest BCUT2D eigenvalue weighted by molar-refractivity contribution is 0.948. The second kappa shape index (κ2) is 6.03. The number of rotatable bonds is 3. The largest absolute Gasteiger partial charge is 0.0840 e. The quantitative estimate of drug-likeness (QED) is 0.597. The molecule has 0 saturated heterocycles. The van der Waals surface area contributed by atoms with Crippen LogP contribution in [0, 0.1) is 0 Å². The molecule has 0 nitrogen and oxygen atoms in total. The molecular weight excluding hydrogens is 363 g/mol. The van der Waals surface area contributed by atoms with E-state index in [4.69, 9.17) is 11.6 Å². The van der Waals surface area contributed by atoms with Crippen LogP contribution < -0.4 is 0 Å².